The Hall–Kier alpha value is -0.570. The summed E-state index contributed by atoms with van der Waals surface area (Å²) in [5, 5.41) is 10.7. The van der Waals surface area contributed by atoms with Crippen molar-refractivity contribution >= 4 is 11.6 Å². The Bertz CT molecular complexity index is 314. The molecule has 2 atom stereocenters. The summed E-state index contributed by atoms with van der Waals surface area (Å²) in [5.74, 6) is 0.0912. The Morgan fingerprint density at radius 1 is 1.33 bits per heavy atom. The highest BCUT2D eigenvalue weighted by Crippen LogP contribution is 2.28. The molecule has 0 aliphatic heterocycles. The lowest BCUT2D eigenvalue weighted by Crippen LogP contribution is -2.30. The van der Waals surface area contributed by atoms with Gasteiger partial charge >= 0.3 is 0 Å². The molecule has 2 unspecified atom stereocenters. The molecule has 1 aromatic rings. The lowest BCUT2D eigenvalue weighted by molar-refractivity contribution is 0.0986. The first kappa shape index (κ1) is 12.5. The number of halogens is 1. The van der Waals surface area contributed by atoms with E-state index >= 15 is 0 Å². The van der Waals surface area contributed by atoms with Crippen molar-refractivity contribution in [2.75, 3.05) is 6.54 Å². The van der Waals surface area contributed by atoms with Gasteiger partial charge in [-0.25, -0.2) is 0 Å². The first-order chi connectivity index (χ1) is 7.07. The third-order valence-corrected chi connectivity index (χ3v) is 3.00. The zero-order valence-electron chi connectivity index (χ0n) is 9.15. The maximum atomic E-state index is 10.0. The number of aliphatic hydroxyl groups is 1. The fourth-order valence-electron chi connectivity index (χ4n) is 1.69. The smallest absolute Gasteiger partial charge is 0.0644 e. The molecular weight excluding hydrogens is 210 g/mol. The van der Waals surface area contributed by atoms with Crippen LogP contribution in [0.5, 0.6) is 0 Å². The molecule has 1 rings (SSSR count). The van der Waals surface area contributed by atoms with Crippen LogP contribution in [-0.2, 0) is 0 Å². The van der Waals surface area contributed by atoms with Crippen molar-refractivity contribution in [2.45, 2.75) is 25.9 Å². The van der Waals surface area contributed by atoms with E-state index in [1.807, 2.05) is 38.1 Å². The zero-order chi connectivity index (χ0) is 11.4. The number of aliphatic hydroxyl groups excluding tert-OH is 1. The Morgan fingerprint density at radius 3 is 2.40 bits per heavy atom. The number of hydrogen-bond donors (Lipinski definition) is 2. The van der Waals surface area contributed by atoms with Crippen molar-refractivity contribution in [2.24, 2.45) is 11.7 Å². The topological polar surface area (TPSA) is 46.2 Å². The number of nitrogens with two attached hydrogens (primary N) is 1. The van der Waals surface area contributed by atoms with Gasteiger partial charge in [-0.05, 0) is 17.5 Å². The normalized spacial score (nSPS) is 15.3. The molecule has 0 bridgehead atoms. The highest BCUT2D eigenvalue weighted by atomic mass is 35.5. The minimum Gasteiger partial charge on any atom is -0.392 e. The van der Waals surface area contributed by atoms with E-state index in [9.17, 15) is 5.11 Å². The van der Waals surface area contributed by atoms with Gasteiger partial charge in [0.1, 0.15) is 0 Å². The minimum absolute atomic E-state index is 0.0845. The van der Waals surface area contributed by atoms with Gasteiger partial charge in [0.2, 0.25) is 0 Å². The van der Waals surface area contributed by atoms with Gasteiger partial charge in [-0.3, -0.25) is 0 Å². The molecule has 15 heavy (non-hydrogen) atoms. The van der Waals surface area contributed by atoms with Crippen LogP contribution in [0.2, 0.25) is 5.02 Å². The minimum atomic E-state index is -0.449. The van der Waals surface area contributed by atoms with Gasteiger partial charge < -0.3 is 10.8 Å². The maximum Gasteiger partial charge on any atom is 0.0644 e. The van der Waals surface area contributed by atoms with E-state index in [0.717, 1.165) is 5.56 Å². The Balaban J connectivity index is 2.97. The monoisotopic (exact) mass is 227 g/mol. The summed E-state index contributed by atoms with van der Waals surface area (Å²) in [6, 6.07) is 7.54. The van der Waals surface area contributed by atoms with Crippen molar-refractivity contribution in [1.82, 2.24) is 0 Å². The maximum absolute atomic E-state index is 10.0. The van der Waals surface area contributed by atoms with Crippen LogP contribution < -0.4 is 5.73 Å². The van der Waals surface area contributed by atoms with Crippen molar-refractivity contribution in [3.8, 4) is 0 Å². The molecule has 0 saturated carbocycles. The molecule has 0 aromatic heterocycles. The summed E-state index contributed by atoms with van der Waals surface area (Å²) in [6.45, 7) is 4.36. The van der Waals surface area contributed by atoms with Crippen molar-refractivity contribution in [3.05, 3.63) is 34.9 Å². The molecule has 0 amide bonds. The van der Waals surface area contributed by atoms with Gasteiger partial charge in [-0.1, -0.05) is 43.6 Å². The van der Waals surface area contributed by atoms with E-state index in [1.165, 1.54) is 0 Å². The molecular formula is C12H18ClNO. The molecule has 84 valence electrons. The second-order valence-corrected chi connectivity index (χ2v) is 4.51. The van der Waals surface area contributed by atoms with Crippen LogP contribution >= 0.6 is 11.6 Å². The Labute approximate surface area is 96.1 Å². The molecule has 0 spiro atoms. The quantitative estimate of drug-likeness (QED) is 0.830. The van der Waals surface area contributed by atoms with Crippen LogP contribution in [0.4, 0.5) is 0 Å². The van der Waals surface area contributed by atoms with Crippen LogP contribution in [0.15, 0.2) is 24.3 Å². The van der Waals surface area contributed by atoms with Crippen LogP contribution in [0.25, 0.3) is 0 Å². The van der Waals surface area contributed by atoms with E-state index < -0.39 is 6.10 Å². The predicted molar refractivity (Wildman–Crippen MR) is 64.1 cm³/mol. The molecule has 0 aliphatic carbocycles. The molecule has 0 radical (unpaired) electrons. The molecule has 0 heterocycles. The third kappa shape index (κ3) is 2.94. The summed E-state index contributed by atoms with van der Waals surface area (Å²) < 4.78 is 0. The summed E-state index contributed by atoms with van der Waals surface area (Å²) in [6.07, 6.45) is -0.449. The predicted octanol–water partition coefficient (Wildman–Crippen LogP) is 2.40. The highest BCUT2D eigenvalue weighted by Gasteiger charge is 2.24. The van der Waals surface area contributed by atoms with E-state index in [-0.39, 0.29) is 11.8 Å². The van der Waals surface area contributed by atoms with Crippen LogP contribution in [0.1, 0.15) is 25.3 Å². The van der Waals surface area contributed by atoms with Crippen LogP contribution in [0.3, 0.4) is 0 Å². The van der Waals surface area contributed by atoms with Gasteiger partial charge in [-0.15, -0.1) is 0 Å². The van der Waals surface area contributed by atoms with Gasteiger partial charge in [0, 0.05) is 17.5 Å². The summed E-state index contributed by atoms with van der Waals surface area (Å²) in [5.41, 5.74) is 6.63. The average molecular weight is 228 g/mol. The summed E-state index contributed by atoms with van der Waals surface area (Å²) >= 11 is 6.08. The third-order valence-electron chi connectivity index (χ3n) is 2.65. The molecule has 0 saturated heterocycles. The Kier molecular flexibility index (Phi) is 4.58. The van der Waals surface area contributed by atoms with Crippen LogP contribution in [-0.4, -0.2) is 17.8 Å². The number of benzene rings is 1. The Morgan fingerprint density at radius 2 is 1.93 bits per heavy atom. The van der Waals surface area contributed by atoms with Crippen molar-refractivity contribution in [1.29, 1.82) is 0 Å². The van der Waals surface area contributed by atoms with Gasteiger partial charge in [-0.2, -0.15) is 0 Å². The van der Waals surface area contributed by atoms with E-state index in [1.54, 1.807) is 0 Å². The average Bonchev–Trinajstić information content (AvgIpc) is 2.21. The van der Waals surface area contributed by atoms with E-state index in [4.69, 9.17) is 17.3 Å². The molecule has 1 aromatic carbocycles. The summed E-state index contributed by atoms with van der Waals surface area (Å²) in [4.78, 5) is 0. The standard InChI is InChI=1S/C12H18ClNO/c1-8(2)12(15)10(7-14)9-5-3-4-6-11(9)13/h3-6,8,10,12,15H,7,14H2,1-2H3. The lowest BCUT2D eigenvalue weighted by atomic mass is 9.87. The largest absolute Gasteiger partial charge is 0.392 e. The molecule has 3 N–H and O–H groups in total. The van der Waals surface area contributed by atoms with Crippen molar-refractivity contribution < 1.29 is 5.11 Å². The highest BCUT2D eigenvalue weighted by molar-refractivity contribution is 6.31. The molecule has 0 fully saturated rings. The zero-order valence-corrected chi connectivity index (χ0v) is 9.91. The van der Waals surface area contributed by atoms with Gasteiger partial charge in [0.15, 0.2) is 0 Å². The van der Waals surface area contributed by atoms with Gasteiger partial charge in [0.25, 0.3) is 0 Å². The van der Waals surface area contributed by atoms with Crippen molar-refractivity contribution in [3.63, 3.8) is 0 Å². The lowest BCUT2D eigenvalue weighted by Gasteiger charge is -2.25. The van der Waals surface area contributed by atoms with E-state index in [0.29, 0.717) is 11.6 Å². The first-order valence-corrected chi connectivity index (χ1v) is 5.58. The fourth-order valence-corrected chi connectivity index (χ4v) is 1.97. The first-order valence-electron chi connectivity index (χ1n) is 5.20. The summed E-state index contributed by atoms with van der Waals surface area (Å²) in [7, 11) is 0. The fraction of sp³-hybridized carbons (Fsp3) is 0.500. The second-order valence-electron chi connectivity index (χ2n) is 4.10. The van der Waals surface area contributed by atoms with E-state index in [2.05, 4.69) is 0 Å². The SMILES string of the molecule is CC(C)C(O)C(CN)c1ccccc1Cl. The molecule has 3 heteroatoms. The number of rotatable bonds is 4. The second kappa shape index (κ2) is 5.50. The number of hydrogen-bond acceptors (Lipinski definition) is 2. The van der Waals surface area contributed by atoms with Crippen LogP contribution in [0, 0.1) is 5.92 Å². The molecule has 2 nitrogen and oxygen atoms in total. The molecule has 0 aliphatic rings. The van der Waals surface area contributed by atoms with Gasteiger partial charge in [0.05, 0.1) is 6.10 Å².